The van der Waals surface area contributed by atoms with Crippen molar-refractivity contribution in [3.63, 3.8) is 0 Å². The second kappa shape index (κ2) is 38.6. The lowest BCUT2D eigenvalue weighted by Gasteiger charge is -2.33. The molecule has 0 atom stereocenters. The summed E-state index contributed by atoms with van der Waals surface area (Å²) in [5, 5.41) is 0. The molecule has 0 fully saturated rings. The van der Waals surface area contributed by atoms with E-state index < -0.39 is 0 Å². The quantitative estimate of drug-likeness (QED) is 0.0591. The van der Waals surface area contributed by atoms with Crippen molar-refractivity contribution in [3.05, 3.63) is 12.4 Å². The Morgan fingerprint density at radius 3 is 0.714 bits per heavy atom. The van der Waals surface area contributed by atoms with E-state index in [0.29, 0.717) is 6.17 Å². The van der Waals surface area contributed by atoms with Crippen LogP contribution in [-0.2, 0) is 0 Å². The Labute approximate surface area is 311 Å². The van der Waals surface area contributed by atoms with Crippen LogP contribution < -0.4 is 0 Å². The van der Waals surface area contributed by atoms with Gasteiger partial charge in [0.2, 0.25) is 0 Å². The Hall–Kier alpha value is -0.660. The number of rotatable bonds is 41. The van der Waals surface area contributed by atoms with Crippen LogP contribution in [0.25, 0.3) is 0 Å². The summed E-state index contributed by atoms with van der Waals surface area (Å²) in [5.41, 5.74) is 0. The fraction of sp³-hybridized carbons (Fsp3) is 0.957. The second-order valence-corrected chi connectivity index (χ2v) is 16.4. The largest absolute Gasteiger partial charge is 0.356 e. The summed E-state index contributed by atoms with van der Waals surface area (Å²) in [6, 6.07) is 0. The third-order valence-electron chi connectivity index (χ3n) is 11.6. The Balaban J connectivity index is 2.21. The van der Waals surface area contributed by atoms with Crippen molar-refractivity contribution in [2.24, 2.45) is 0 Å². The molecule has 0 unspecified atom stereocenters. The molecule has 0 spiro atoms. The van der Waals surface area contributed by atoms with Crippen LogP contribution in [0.5, 0.6) is 0 Å². The molecule has 1 aliphatic rings. The van der Waals surface area contributed by atoms with E-state index in [1.165, 1.54) is 264 Å². The maximum atomic E-state index is 2.74. The molecule has 0 radical (unpaired) electrons. The van der Waals surface area contributed by atoms with Crippen LogP contribution in [0.15, 0.2) is 12.4 Å². The summed E-state index contributed by atoms with van der Waals surface area (Å²) >= 11 is 0. The summed E-state index contributed by atoms with van der Waals surface area (Å²) in [7, 11) is 0. The average Bonchev–Trinajstić information content (AvgIpc) is 3.50. The van der Waals surface area contributed by atoms with Gasteiger partial charge >= 0.3 is 0 Å². The molecule has 0 saturated carbocycles. The van der Waals surface area contributed by atoms with Crippen molar-refractivity contribution in [2.45, 2.75) is 277 Å². The highest BCUT2D eigenvalue weighted by molar-refractivity contribution is 4.97. The van der Waals surface area contributed by atoms with Crippen LogP contribution in [0.2, 0.25) is 0 Å². The Kier molecular flexibility index (Phi) is 36.5. The molecule has 1 aliphatic heterocycles. The first-order valence-corrected chi connectivity index (χ1v) is 23.5. The summed E-state index contributed by atoms with van der Waals surface area (Å²) in [5.74, 6) is 0. The van der Waals surface area contributed by atoms with Gasteiger partial charge in [0.05, 0.1) is 0 Å². The lowest BCUT2D eigenvalue weighted by Crippen LogP contribution is -2.39. The highest BCUT2D eigenvalue weighted by atomic mass is 15.4. The van der Waals surface area contributed by atoms with E-state index in [2.05, 4.69) is 43.0 Å². The first kappa shape index (κ1) is 46.4. The minimum absolute atomic E-state index is 0.637. The van der Waals surface area contributed by atoms with Gasteiger partial charge in [-0.2, -0.15) is 0 Å². The predicted molar refractivity (Wildman–Crippen MR) is 223 cm³/mol. The SMILES string of the molecule is CCCCCCCCCCCCCCCN1C=CN(CCCCCCCCCCCCCCC)C1CCCCCCCCCCCCCC. The van der Waals surface area contributed by atoms with Gasteiger partial charge in [-0.15, -0.1) is 0 Å². The van der Waals surface area contributed by atoms with Crippen molar-refractivity contribution in [1.29, 1.82) is 0 Å². The van der Waals surface area contributed by atoms with Gasteiger partial charge in [-0.05, 0) is 25.7 Å². The third-order valence-corrected chi connectivity index (χ3v) is 11.6. The van der Waals surface area contributed by atoms with Gasteiger partial charge in [-0.25, -0.2) is 0 Å². The lowest BCUT2D eigenvalue weighted by atomic mass is 10.0. The van der Waals surface area contributed by atoms with Crippen LogP contribution in [0.1, 0.15) is 271 Å². The van der Waals surface area contributed by atoms with Crippen molar-refractivity contribution in [3.8, 4) is 0 Å². The zero-order valence-corrected chi connectivity index (χ0v) is 34.6. The molecule has 1 rings (SSSR count). The van der Waals surface area contributed by atoms with E-state index in [9.17, 15) is 0 Å². The van der Waals surface area contributed by atoms with E-state index in [1.807, 2.05) is 0 Å². The molecule has 0 aromatic carbocycles. The molecule has 0 N–H and O–H groups in total. The zero-order valence-electron chi connectivity index (χ0n) is 34.6. The summed E-state index contributed by atoms with van der Waals surface area (Å²) in [6.45, 7) is 9.49. The maximum Gasteiger partial charge on any atom is 0.101 e. The van der Waals surface area contributed by atoms with Gasteiger partial charge in [0, 0.05) is 25.5 Å². The Bertz CT molecular complexity index is 604. The molecular weight excluding hydrogens is 593 g/mol. The predicted octanol–water partition coefficient (Wildman–Crippen LogP) is 16.7. The molecule has 0 aliphatic carbocycles. The molecule has 0 bridgehead atoms. The van der Waals surface area contributed by atoms with Gasteiger partial charge in [0.1, 0.15) is 6.17 Å². The van der Waals surface area contributed by atoms with E-state index in [0.717, 1.165) is 0 Å². The van der Waals surface area contributed by atoms with Gasteiger partial charge < -0.3 is 9.80 Å². The highest BCUT2D eigenvalue weighted by Crippen LogP contribution is 2.24. The van der Waals surface area contributed by atoms with E-state index in [-0.39, 0.29) is 0 Å². The van der Waals surface area contributed by atoms with E-state index in [4.69, 9.17) is 0 Å². The molecule has 0 saturated heterocycles. The Morgan fingerprint density at radius 1 is 0.265 bits per heavy atom. The second-order valence-electron chi connectivity index (χ2n) is 16.4. The van der Waals surface area contributed by atoms with Crippen molar-refractivity contribution >= 4 is 0 Å². The monoisotopic (exact) mass is 687 g/mol. The summed E-state index contributed by atoms with van der Waals surface area (Å²) in [4.78, 5) is 5.47. The van der Waals surface area contributed by atoms with Crippen LogP contribution in [0.4, 0.5) is 0 Å². The third kappa shape index (κ3) is 30.7. The minimum Gasteiger partial charge on any atom is -0.356 e. The molecule has 2 nitrogen and oxygen atoms in total. The van der Waals surface area contributed by atoms with Crippen molar-refractivity contribution in [1.82, 2.24) is 9.80 Å². The number of hydrogen-bond donors (Lipinski definition) is 0. The summed E-state index contributed by atoms with van der Waals surface area (Å²) in [6.07, 6.45) is 61.9. The van der Waals surface area contributed by atoms with Gasteiger partial charge in [0.15, 0.2) is 0 Å². The number of nitrogens with zero attached hydrogens (tertiary/aromatic N) is 2. The van der Waals surface area contributed by atoms with Gasteiger partial charge in [0.25, 0.3) is 0 Å². The maximum absolute atomic E-state index is 2.74. The average molecular weight is 687 g/mol. The molecule has 49 heavy (non-hydrogen) atoms. The molecule has 1 heterocycles. The van der Waals surface area contributed by atoms with Crippen LogP contribution >= 0.6 is 0 Å². The van der Waals surface area contributed by atoms with Crippen molar-refractivity contribution < 1.29 is 0 Å². The van der Waals surface area contributed by atoms with Crippen LogP contribution in [0, 0.1) is 0 Å². The highest BCUT2D eigenvalue weighted by Gasteiger charge is 2.24. The van der Waals surface area contributed by atoms with Gasteiger partial charge in [-0.1, -0.05) is 245 Å². The number of hydrogen-bond acceptors (Lipinski definition) is 2. The molecule has 0 amide bonds. The van der Waals surface area contributed by atoms with Crippen molar-refractivity contribution in [2.75, 3.05) is 13.1 Å². The zero-order chi connectivity index (χ0) is 35.1. The summed E-state index contributed by atoms with van der Waals surface area (Å²) < 4.78 is 0. The van der Waals surface area contributed by atoms with E-state index in [1.54, 1.807) is 0 Å². The van der Waals surface area contributed by atoms with Gasteiger partial charge in [-0.3, -0.25) is 0 Å². The van der Waals surface area contributed by atoms with E-state index >= 15 is 0 Å². The molecule has 292 valence electrons. The molecule has 2 heteroatoms. The molecular formula is C47H94N2. The standard InChI is InChI=1S/C47H94N2/c1-4-7-10-13-16-19-22-25-28-31-34-37-40-43-48-45-46-49(44-41-38-35-32-29-26-23-20-17-14-11-8-5-2)47(48)42-39-36-33-30-27-24-21-18-15-12-9-6-3/h45-47H,4-44H2,1-3H3. The molecule has 0 aromatic rings. The van der Waals surface area contributed by atoms with Crippen LogP contribution in [-0.4, -0.2) is 29.1 Å². The Morgan fingerprint density at radius 2 is 0.469 bits per heavy atom. The lowest BCUT2D eigenvalue weighted by molar-refractivity contribution is 0.135. The normalized spacial score (nSPS) is 13.4. The minimum atomic E-state index is 0.637. The smallest absolute Gasteiger partial charge is 0.101 e. The number of unbranched alkanes of at least 4 members (excludes halogenated alkanes) is 35. The first-order valence-electron chi connectivity index (χ1n) is 23.5. The fourth-order valence-electron chi connectivity index (χ4n) is 8.13. The topological polar surface area (TPSA) is 6.48 Å². The fourth-order valence-corrected chi connectivity index (χ4v) is 8.13. The first-order chi connectivity index (χ1) is 24.3. The van der Waals surface area contributed by atoms with Crippen LogP contribution in [0.3, 0.4) is 0 Å². The molecule has 0 aromatic heterocycles.